The Hall–Kier alpha value is -4.28. The maximum absolute atomic E-state index is 12.6. The molecule has 0 fully saturated rings. The summed E-state index contributed by atoms with van der Waals surface area (Å²) in [5.41, 5.74) is 2.02. The quantitative estimate of drug-likeness (QED) is 0.174. The predicted molar refractivity (Wildman–Crippen MR) is 118 cm³/mol. The van der Waals surface area contributed by atoms with E-state index in [2.05, 4.69) is 27.0 Å². The van der Waals surface area contributed by atoms with Crippen molar-refractivity contribution in [1.82, 2.24) is 33.7 Å². The summed E-state index contributed by atoms with van der Waals surface area (Å²) in [4.78, 5) is 34.2. The Bertz CT molecular complexity index is 1410. The molecule has 0 bridgehead atoms. The van der Waals surface area contributed by atoms with E-state index in [1.54, 1.807) is 28.6 Å². The van der Waals surface area contributed by atoms with Gasteiger partial charge in [0.1, 0.15) is 18.0 Å². The number of hydrogen-bond acceptors (Lipinski definition) is 7. The van der Waals surface area contributed by atoms with Gasteiger partial charge < -0.3 is 9.40 Å². The molecule has 0 radical (unpaired) electrons. The van der Waals surface area contributed by atoms with Gasteiger partial charge in [0.05, 0.1) is 25.6 Å². The molecule has 0 atom stereocenters. The molecule has 1 aromatic carbocycles. The Kier molecular flexibility index (Phi) is 5.79. The summed E-state index contributed by atoms with van der Waals surface area (Å²) >= 11 is 0. The molecule has 4 rings (SSSR count). The van der Waals surface area contributed by atoms with Gasteiger partial charge in [0, 0.05) is 19.7 Å². The van der Waals surface area contributed by atoms with Crippen LogP contribution in [-0.4, -0.2) is 46.0 Å². The van der Waals surface area contributed by atoms with Gasteiger partial charge in [-0.25, -0.2) is 14.5 Å². The average Bonchev–Trinajstić information content (AvgIpc) is 3.43. The molecule has 164 valence electrons. The van der Waals surface area contributed by atoms with Crippen molar-refractivity contribution in [3.63, 3.8) is 0 Å². The Morgan fingerprint density at radius 2 is 1.97 bits per heavy atom. The van der Waals surface area contributed by atoms with Gasteiger partial charge in [-0.1, -0.05) is 53.4 Å². The minimum Gasteiger partial charge on any atom is -0.391 e. The zero-order valence-electron chi connectivity index (χ0n) is 17.7. The first-order valence-electron chi connectivity index (χ1n) is 9.84. The van der Waals surface area contributed by atoms with Crippen LogP contribution in [0, 0.1) is 0 Å². The monoisotopic (exact) mass is 434 g/mol. The Balaban J connectivity index is 1.60. The number of nitrogens with zero attached hydrogens (tertiary/aromatic N) is 8. The smallest absolute Gasteiger partial charge is 0.332 e. The lowest BCUT2D eigenvalue weighted by Crippen LogP contribution is -2.37. The van der Waals surface area contributed by atoms with Gasteiger partial charge in [-0.05, 0) is 0 Å². The zero-order chi connectivity index (χ0) is 22.7. The first-order chi connectivity index (χ1) is 15.5. The fourth-order valence-corrected chi connectivity index (χ4v) is 3.30. The zero-order valence-corrected chi connectivity index (χ0v) is 17.7. The lowest BCUT2D eigenvalue weighted by atomic mass is 10.1. The standard InChI is InChI=1S/C21H22N8O3/c1-4-10-32-24-17(15-8-6-5-7-9-15)13-29-12-16(23-25-29)11-28-14-22-19-18(28)20(30)27(3)21(31)26(19)2/h4-9,12,14H,1,10-11,13H2,2-3H3/b24-17+. The highest BCUT2D eigenvalue weighted by atomic mass is 16.6. The van der Waals surface area contributed by atoms with Crippen molar-refractivity contribution in [2.75, 3.05) is 6.61 Å². The van der Waals surface area contributed by atoms with Crippen molar-refractivity contribution >= 4 is 16.9 Å². The third-order valence-corrected chi connectivity index (χ3v) is 4.92. The summed E-state index contributed by atoms with van der Waals surface area (Å²) < 4.78 is 5.70. The van der Waals surface area contributed by atoms with Crippen molar-refractivity contribution in [2.45, 2.75) is 13.1 Å². The molecule has 0 spiro atoms. The van der Waals surface area contributed by atoms with E-state index in [0.717, 1.165) is 10.1 Å². The van der Waals surface area contributed by atoms with Gasteiger partial charge in [0.25, 0.3) is 5.56 Å². The van der Waals surface area contributed by atoms with E-state index in [4.69, 9.17) is 4.84 Å². The molecule has 3 heterocycles. The number of fused-ring (bicyclic) bond motifs is 1. The molecule has 0 aliphatic rings. The third kappa shape index (κ3) is 4.00. The van der Waals surface area contributed by atoms with Crippen molar-refractivity contribution in [3.05, 3.63) is 87.6 Å². The summed E-state index contributed by atoms with van der Waals surface area (Å²) in [5, 5.41) is 12.6. The number of imidazole rings is 1. The summed E-state index contributed by atoms with van der Waals surface area (Å²) in [6.07, 6.45) is 4.91. The SMILES string of the molecule is C=CCO/N=C(\Cn1cc(Cn2cnc3c2c(=O)n(C)c(=O)n3C)nn1)c1ccccc1. The van der Waals surface area contributed by atoms with Crippen molar-refractivity contribution in [3.8, 4) is 0 Å². The molecule has 0 amide bonds. The van der Waals surface area contributed by atoms with Crippen LogP contribution in [0.4, 0.5) is 0 Å². The van der Waals surface area contributed by atoms with Gasteiger partial charge in [0.15, 0.2) is 11.2 Å². The molecule has 3 aromatic heterocycles. The maximum Gasteiger partial charge on any atom is 0.332 e. The molecule has 0 N–H and O–H groups in total. The van der Waals surface area contributed by atoms with Crippen LogP contribution in [0.25, 0.3) is 11.2 Å². The molecule has 0 aliphatic heterocycles. The van der Waals surface area contributed by atoms with Gasteiger partial charge in [-0.2, -0.15) is 0 Å². The molecule has 0 saturated carbocycles. The van der Waals surface area contributed by atoms with Gasteiger partial charge in [-0.3, -0.25) is 13.9 Å². The van der Waals surface area contributed by atoms with Crippen LogP contribution in [0.3, 0.4) is 0 Å². The topological polar surface area (TPSA) is 114 Å². The minimum atomic E-state index is -0.426. The highest BCUT2D eigenvalue weighted by Gasteiger charge is 2.15. The van der Waals surface area contributed by atoms with Gasteiger partial charge in [0.2, 0.25) is 0 Å². The Labute approximate surface area is 182 Å². The highest BCUT2D eigenvalue weighted by molar-refractivity contribution is 6.00. The number of aryl methyl sites for hydroxylation is 1. The fraction of sp³-hybridized carbons (Fsp3) is 0.238. The number of rotatable bonds is 8. The predicted octanol–water partition coefficient (Wildman–Crippen LogP) is 0.680. The second-order valence-corrected chi connectivity index (χ2v) is 7.15. The van der Waals surface area contributed by atoms with E-state index in [0.29, 0.717) is 35.7 Å². The van der Waals surface area contributed by atoms with Crippen LogP contribution in [0.1, 0.15) is 11.3 Å². The summed E-state index contributed by atoms with van der Waals surface area (Å²) in [6.45, 7) is 4.54. The summed E-state index contributed by atoms with van der Waals surface area (Å²) in [5.74, 6) is 0. The molecule has 0 aliphatic carbocycles. The molecule has 0 unspecified atom stereocenters. The molecule has 11 nitrogen and oxygen atoms in total. The van der Waals surface area contributed by atoms with Crippen LogP contribution in [0.5, 0.6) is 0 Å². The molecular weight excluding hydrogens is 412 g/mol. The van der Waals surface area contributed by atoms with E-state index in [-0.39, 0.29) is 6.54 Å². The molecular formula is C21H22N8O3. The van der Waals surface area contributed by atoms with Gasteiger partial charge in [-0.15, -0.1) is 5.10 Å². The largest absolute Gasteiger partial charge is 0.391 e. The van der Waals surface area contributed by atoms with E-state index < -0.39 is 11.2 Å². The normalized spacial score (nSPS) is 11.8. The van der Waals surface area contributed by atoms with Crippen LogP contribution in [0.2, 0.25) is 0 Å². The van der Waals surface area contributed by atoms with Crippen LogP contribution >= 0.6 is 0 Å². The molecule has 0 saturated heterocycles. The van der Waals surface area contributed by atoms with Crippen LogP contribution < -0.4 is 11.2 Å². The number of benzene rings is 1. The van der Waals surface area contributed by atoms with E-state index >= 15 is 0 Å². The lowest BCUT2D eigenvalue weighted by Gasteiger charge is -2.06. The second kappa shape index (κ2) is 8.84. The van der Waals surface area contributed by atoms with E-state index in [1.165, 1.54) is 17.9 Å². The fourth-order valence-electron chi connectivity index (χ4n) is 3.30. The number of aromatic nitrogens is 7. The van der Waals surface area contributed by atoms with Crippen molar-refractivity contribution in [2.24, 2.45) is 19.3 Å². The van der Waals surface area contributed by atoms with Crippen molar-refractivity contribution < 1.29 is 4.84 Å². The van der Waals surface area contributed by atoms with E-state index in [9.17, 15) is 9.59 Å². The molecule has 32 heavy (non-hydrogen) atoms. The first-order valence-corrected chi connectivity index (χ1v) is 9.84. The first kappa shape index (κ1) is 21.0. The van der Waals surface area contributed by atoms with Crippen LogP contribution in [0.15, 0.2) is 70.3 Å². The minimum absolute atomic E-state index is 0.273. The van der Waals surface area contributed by atoms with Crippen LogP contribution in [-0.2, 0) is 32.0 Å². The summed E-state index contributed by atoms with van der Waals surface area (Å²) in [7, 11) is 3.02. The average molecular weight is 434 g/mol. The van der Waals surface area contributed by atoms with Gasteiger partial charge >= 0.3 is 5.69 Å². The maximum atomic E-state index is 12.6. The summed E-state index contributed by atoms with van der Waals surface area (Å²) in [6, 6.07) is 9.64. The third-order valence-electron chi connectivity index (χ3n) is 4.92. The Morgan fingerprint density at radius 3 is 2.72 bits per heavy atom. The Morgan fingerprint density at radius 1 is 1.19 bits per heavy atom. The second-order valence-electron chi connectivity index (χ2n) is 7.15. The molecule has 4 aromatic rings. The highest BCUT2D eigenvalue weighted by Crippen LogP contribution is 2.09. The number of hydrogen-bond donors (Lipinski definition) is 0. The van der Waals surface area contributed by atoms with Crippen molar-refractivity contribution in [1.29, 1.82) is 0 Å². The van der Waals surface area contributed by atoms with E-state index in [1.807, 2.05) is 30.3 Å². The number of oxime groups is 1. The lowest BCUT2D eigenvalue weighted by molar-refractivity contribution is 0.174. The molecule has 11 heteroatoms.